The molecule has 1 aromatic carbocycles. The fourth-order valence-corrected chi connectivity index (χ4v) is 2.28. The van der Waals surface area contributed by atoms with E-state index in [1.165, 1.54) is 37.1 Å². The highest BCUT2D eigenvalue weighted by molar-refractivity contribution is 5.54. The highest BCUT2D eigenvalue weighted by atomic mass is 15.1. The third-order valence-corrected chi connectivity index (χ3v) is 3.09. The quantitative estimate of drug-likeness (QED) is 0.817. The van der Waals surface area contributed by atoms with Gasteiger partial charge in [-0.15, -0.1) is 0 Å². The highest BCUT2D eigenvalue weighted by Gasteiger charge is 2.13. The average Bonchev–Trinajstić information content (AvgIpc) is 2.49. The number of rotatable bonds is 3. The largest absolute Gasteiger partial charge is 0.371 e. The molecule has 82 valence electrons. The predicted molar refractivity (Wildman–Crippen MR) is 65.3 cm³/mol. The van der Waals surface area contributed by atoms with E-state index in [0.717, 1.165) is 19.5 Å². The lowest BCUT2D eigenvalue weighted by molar-refractivity contribution is 0.692. The van der Waals surface area contributed by atoms with Crippen molar-refractivity contribution in [3.05, 3.63) is 29.8 Å². The first-order valence-corrected chi connectivity index (χ1v) is 5.95. The number of benzene rings is 1. The van der Waals surface area contributed by atoms with Crippen LogP contribution in [0, 0.1) is 0 Å². The van der Waals surface area contributed by atoms with E-state index in [-0.39, 0.29) is 0 Å². The number of nitrogens with zero attached hydrogens (tertiary/aromatic N) is 1. The summed E-state index contributed by atoms with van der Waals surface area (Å²) >= 11 is 0. The van der Waals surface area contributed by atoms with Crippen LogP contribution in [-0.2, 0) is 6.42 Å². The molecule has 2 heteroatoms. The molecule has 0 atom stereocenters. The van der Waals surface area contributed by atoms with Gasteiger partial charge in [-0.25, -0.2) is 0 Å². The van der Waals surface area contributed by atoms with Crippen molar-refractivity contribution in [2.45, 2.75) is 25.7 Å². The summed E-state index contributed by atoms with van der Waals surface area (Å²) in [6.45, 7) is 3.09. The zero-order chi connectivity index (χ0) is 10.5. The Morgan fingerprint density at radius 1 is 1.20 bits per heavy atom. The predicted octanol–water partition coefficient (Wildman–Crippen LogP) is 2.18. The number of hydrogen-bond donors (Lipinski definition) is 1. The van der Waals surface area contributed by atoms with Crippen LogP contribution in [-0.4, -0.2) is 19.6 Å². The standard InChI is InChI=1S/C13H20N2/c14-9-5-11-15-10-4-3-7-12-6-1-2-8-13(12)15/h1-2,6,8H,3-5,7,9-11,14H2. The van der Waals surface area contributed by atoms with E-state index >= 15 is 0 Å². The molecule has 2 N–H and O–H groups in total. The number of fused-ring (bicyclic) bond motifs is 1. The van der Waals surface area contributed by atoms with Gasteiger partial charge in [0.2, 0.25) is 0 Å². The maximum Gasteiger partial charge on any atom is 0.0398 e. The smallest absolute Gasteiger partial charge is 0.0398 e. The Hall–Kier alpha value is -1.02. The van der Waals surface area contributed by atoms with Crippen molar-refractivity contribution >= 4 is 5.69 Å². The van der Waals surface area contributed by atoms with Gasteiger partial charge in [-0.1, -0.05) is 18.2 Å². The fourth-order valence-electron chi connectivity index (χ4n) is 2.28. The molecule has 0 spiro atoms. The van der Waals surface area contributed by atoms with Crippen molar-refractivity contribution in [1.82, 2.24) is 0 Å². The van der Waals surface area contributed by atoms with E-state index in [1.54, 1.807) is 0 Å². The molecule has 1 aliphatic heterocycles. The van der Waals surface area contributed by atoms with Crippen LogP contribution in [0.4, 0.5) is 5.69 Å². The van der Waals surface area contributed by atoms with Crippen molar-refractivity contribution in [2.24, 2.45) is 5.73 Å². The molecule has 0 aliphatic carbocycles. The van der Waals surface area contributed by atoms with E-state index in [4.69, 9.17) is 5.73 Å². The summed E-state index contributed by atoms with van der Waals surface area (Å²) in [5.41, 5.74) is 8.52. The summed E-state index contributed by atoms with van der Waals surface area (Å²) < 4.78 is 0. The number of aryl methyl sites for hydroxylation is 1. The molecule has 1 aliphatic rings. The molecule has 0 bridgehead atoms. The first-order chi connectivity index (χ1) is 7.42. The van der Waals surface area contributed by atoms with Crippen molar-refractivity contribution < 1.29 is 0 Å². The Morgan fingerprint density at radius 3 is 2.93 bits per heavy atom. The van der Waals surface area contributed by atoms with Crippen LogP contribution in [0.3, 0.4) is 0 Å². The highest BCUT2D eigenvalue weighted by Crippen LogP contribution is 2.25. The lowest BCUT2D eigenvalue weighted by Crippen LogP contribution is -2.26. The van der Waals surface area contributed by atoms with Gasteiger partial charge in [-0.2, -0.15) is 0 Å². The van der Waals surface area contributed by atoms with Gasteiger partial charge >= 0.3 is 0 Å². The van der Waals surface area contributed by atoms with Crippen LogP contribution in [0.25, 0.3) is 0 Å². The second kappa shape index (κ2) is 5.17. The van der Waals surface area contributed by atoms with E-state index in [9.17, 15) is 0 Å². The van der Waals surface area contributed by atoms with E-state index < -0.39 is 0 Å². The number of nitrogens with two attached hydrogens (primary N) is 1. The molecule has 0 saturated carbocycles. The van der Waals surface area contributed by atoms with Crippen LogP contribution < -0.4 is 10.6 Å². The summed E-state index contributed by atoms with van der Waals surface area (Å²) in [5.74, 6) is 0. The van der Waals surface area contributed by atoms with Crippen molar-refractivity contribution in [2.75, 3.05) is 24.5 Å². The number of anilines is 1. The van der Waals surface area contributed by atoms with Gasteiger partial charge in [0, 0.05) is 18.8 Å². The molecule has 15 heavy (non-hydrogen) atoms. The SMILES string of the molecule is NCCCN1CCCCc2ccccc21. The summed E-state index contributed by atoms with van der Waals surface area (Å²) in [7, 11) is 0. The van der Waals surface area contributed by atoms with Crippen LogP contribution in [0.1, 0.15) is 24.8 Å². The van der Waals surface area contributed by atoms with Crippen LogP contribution >= 0.6 is 0 Å². The van der Waals surface area contributed by atoms with E-state index in [1.807, 2.05) is 0 Å². The molecule has 0 radical (unpaired) electrons. The summed E-state index contributed by atoms with van der Waals surface area (Å²) in [6.07, 6.45) is 4.94. The normalized spacial score (nSPS) is 15.9. The molecule has 0 amide bonds. The third kappa shape index (κ3) is 2.51. The first kappa shape index (κ1) is 10.5. The molecule has 0 fully saturated rings. The minimum absolute atomic E-state index is 0.790. The van der Waals surface area contributed by atoms with Crippen LogP contribution in [0.2, 0.25) is 0 Å². The minimum atomic E-state index is 0.790. The monoisotopic (exact) mass is 204 g/mol. The molecule has 1 aromatic rings. The molecule has 0 aromatic heterocycles. The molecular formula is C13H20N2. The molecule has 0 saturated heterocycles. The Morgan fingerprint density at radius 2 is 2.07 bits per heavy atom. The number of para-hydroxylation sites is 1. The molecule has 2 nitrogen and oxygen atoms in total. The topological polar surface area (TPSA) is 29.3 Å². The summed E-state index contributed by atoms with van der Waals surface area (Å²) in [4.78, 5) is 2.50. The lowest BCUT2D eigenvalue weighted by atomic mass is 10.1. The zero-order valence-electron chi connectivity index (χ0n) is 9.28. The summed E-state index contributed by atoms with van der Waals surface area (Å²) in [5, 5.41) is 0. The van der Waals surface area contributed by atoms with Crippen molar-refractivity contribution in [3.8, 4) is 0 Å². The van der Waals surface area contributed by atoms with Crippen LogP contribution in [0.5, 0.6) is 0 Å². The molecule has 1 heterocycles. The third-order valence-electron chi connectivity index (χ3n) is 3.09. The Bertz CT molecular complexity index is 309. The number of hydrogen-bond acceptors (Lipinski definition) is 2. The Labute approximate surface area is 92.1 Å². The second-order valence-electron chi connectivity index (χ2n) is 4.22. The molecule has 2 rings (SSSR count). The molecule has 0 unspecified atom stereocenters. The van der Waals surface area contributed by atoms with Gasteiger partial charge in [0.25, 0.3) is 0 Å². The van der Waals surface area contributed by atoms with E-state index in [0.29, 0.717) is 0 Å². The first-order valence-electron chi connectivity index (χ1n) is 5.95. The average molecular weight is 204 g/mol. The van der Waals surface area contributed by atoms with Gasteiger partial charge in [0.05, 0.1) is 0 Å². The van der Waals surface area contributed by atoms with Gasteiger partial charge < -0.3 is 10.6 Å². The van der Waals surface area contributed by atoms with Gasteiger partial charge in [-0.05, 0) is 43.9 Å². The van der Waals surface area contributed by atoms with Crippen molar-refractivity contribution in [3.63, 3.8) is 0 Å². The minimum Gasteiger partial charge on any atom is -0.371 e. The van der Waals surface area contributed by atoms with Gasteiger partial charge in [-0.3, -0.25) is 0 Å². The Balaban J connectivity index is 2.17. The van der Waals surface area contributed by atoms with E-state index in [2.05, 4.69) is 29.2 Å². The Kier molecular flexibility index (Phi) is 3.62. The maximum absolute atomic E-state index is 5.58. The zero-order valence-corrected chi connectivity index (χ0v) is 9.28. The second-order valence-corrected chi connectivity index (χ2v) is 4.22. The van der Waals surface area contributed by atoms with Gasteiger partial charge in [0.15, 0.2) is 0 Å². The summed E-state index contributed by atoms with van der Waals surface area (Å²) in [6, 6.07) is 8.79. The van der Waals surface area contributed by atoms with Crippen molar-refractivity contribution in [1.29, 1.82) is 0 Å². The maximum atomic E-state index is 5.58. The fraction of sp³-hybridized carbons (Fsp3) is 0.538. The molecular weight excluding hydrogens is 184 g/mol. The lowest BCUT2D eigenvalue weighted by Gasteiger charge is -2.24. The van der Waals surface area contributed by atoms with Crippen LogP contribution in [0.15, 0.2) is 24.3 Å². The van der Waals surface area contributed by atoms with Gasteiger partial charge in [0.1, 0.15) is 0 Å².